The molecule has 0 atom stereocenters. The highest BCUT2D eigenvalue weighted by Crippen LogP contribution is 2.29. The van der Waals surface area contributed by atoms with Crippen LogP contribution in [0.3, 0.4) is 0 Å². The molecule has 0 radical (unpaired) electrons. The lowest BCUT2D eigenvalue weighted by molar-refractivity contribution is -0.139. The van der Waals surface area contributed by atoms with Gasteiger partial charge < -0.3 is 20.6 Å². The quantitative estimate of drug-likeness (QED) is 0.216. The average Bonchev–Trinajstić information content (AvgIpc) is 2.67. The molecule has 0 fully saturated rings. The number of hydrazine groups is 1. The van der Waals surface area contributed by atoms with E-state index < -0.39 is 5.97 Å². The molecule has 0 saturated carbocycles. The van der Waals surface area contributed by atoms with Gasteiger partial charge in [-0.3, -0.25) is 5.84 Å². The van der Waals surface area contributed by atoms with E-state index in [2.05, 4.69) is 5.43 Å². The number of nitrogens with two attached hydrogens (primary N) is 2. The smallest absolute Gasteiger partial charge is 0.361 e. The van der Waals surface area contributed by atoms with Gasteiger partial charge in [-0.15, -0.1) is 0 Å². The molecule has 146 valence electrons. The number of esters is 1. The molecular formula is C19H23Cl2N3O3. The van der Waals surface area contributed by atoms with E-state index in [0.717, 1.165) is 11.1 Å². The van der Waals surface area contributed by atoms with Crippen LogP contribution in [0.5, 0.6) is 5.75 Å². The first-order valence-electron chi connectivity index (χ1n) is 8.33. The zero-order chi connectivity index (χ0) is 20.4. The molecule has 2 aromatic carbocycles. The molecule has 0 spiro atoms. The van der Waals surface area contributed by atoms with Crippen LogP contribution < -0.4 is 21.7 Å². The highest BCUT2D eigenvalue weighted by atomic mass is 35.5. The monoisotopic (exact) mass is 411 g/mol. The maximum atomic E-state index is 11.7. The minimum absolute atomic E-state index is 0.157. The molecule has 5 N–H and O–H groups in total. The Balaban J connectivity index is 0.00000176. The minimum atomic E-state index is -0.699. The Hall–Kier alpha value is -2.41. The van der Waals surface area contributed by atoms with Crippen LogP contribution in [0.2, 0.25) is 10.0 Å². The van der Waals surface area contributed by atoms with Crippen molar-refractivity contribution in [3.8, 4) is 16.9 Å². The second kappa shape index (κ2) is 11.3. The SMILES string of the molecule is CC.CCOC(=O)/C(NN)=C(/N)Oc1ccc(-c2ccc(Cl)c(Cl)c2)cc1. The lowest BCUT2D eigenvalue weighted by Gasteiger charge is -2.11. The van der Waals surface area contributed by atoms with Crippen LogP contribution in [-0.2, 0) is 9.53 Å². The minimum Gasteiger partial charge on any atom is -0.461 e. The molecule has 0 aliphatic carbocycles. The number of benzene rings is 2. The first kappa shape index (κ1) is 22.6. The van der Waals surface area contributed by atoms with Gasteiger partial charge in [0, 0.05) is 0 Å². The molecule has 6 nitrogen and oxygen atoms in total. The van der Waals surface area contributed by atoms with Crippen LogP contribution in [0, 0.1) is 0 Å². The van der Waals surface area contributed by atoms with Crippen molar-refractivity contribution in [2.75, 3.05) is 6.61 Å². The van der Waals surface area contributed by atoms with Gasteiger partial charge in [-0.25, -0.2) is 4.79 Å². The molecular weight excluding hydrogens is 389 g/mol. The molecule has 0 aliphatic rings. The van der Waals surface area contributed by atoms with Crippen molar-refractivity contribution >= 4 is 29.2 Å². The molecule has 0 amide bonds. The number of hydrogen-bond donors (Lipinski definition) is 3. The summed E-state index contributed by atoms with van der Waals surface area (Å²) < 4.78 is 10.3. The fourth-order valence-corrected chi connectivity index (χ4v) is 2.30. The Labute approximate surface area is 169 Å². The predicted molar refractivity (Wildman–Crippen MR) is 109 cm³/mol. The van der Waals surface area contributed by atoms with E-state index in [1.807, 2.05) is 32.0 Å². The summed E-state index contributed by atoms with van der Waals surface area (Å²) in [5, 5.41) is 0.962. The summed E-state index contributed by atoms with van der Waals surface area (Å²) in [4.78, 5) is 11.7. The predicted octanol–water partition coefficient (Wildman–Crippen LogP) is 4.22. The summed E-state index contributed by atoms with van der Waals surface area (Å²) in [6.07, 6.45) is 0. The van der Waals surface area contributed by atoms with E-state index >= 15 is 0 Å². The number of halogens is 2. The molecule has 2 rings (SSSR count). The third kappa shape index (κ3) is 6.36. The Morgan fingerprint density at radius 2 is 1.63 bits per heavy atom. The van der Waals surface area contributed by atoms with Crippen molar-refractivity contribution in [1.29, 1.82) is 0 Å². The third-order valence-electron chi connectivity index (χ3n) is 3.21. The van der Waals surface area contributed by atoms with Crippen LogP contribution >= 0.6 is 23.2 Å². The van der Waals surface area contributed by atoms with Crippen LogP contribution in [0.1, 0.15) is 20.8 Å². The lowest BCUT2D eigenvalue weighted by atomic mass is 10.1. The normalized spacial score (nSPS) is 10.9. The van der Waals surface area contributed by atoms with Crippen molar-refractivity contribution in [3.05, 3.63) is 64.1 Å². The van der Waals surface area contributed by atoms with Crippen LogP contribution in [0.25, 0.3) is 11.1 Å². The maximum Gasteiger partial charge on any atom is 0.361 e. The van der Waals surface area contributed by atoms with Gasteiger partial charge in [-0.05, 0) is 42.3 Å². The fourth-order valence-electron chi connectivity index (χ4n) is 2.00. The van der Waals surface area contributed by atoms with Crippen molar-refractivity contribution in [1.82, 2.24) is 5.43 Å². The number of rotatable bonds is 6. The fraction of sp³-hybridized carbons (Fsp3) is 0.211. The van der Waals surface area contributed by atoms with E-state index in [4.69, 9.17) is 44.3 Å². The van der Waals surface area contributed by atoms with Crippen molar-refractivity contribution < 1.29 is 14.3 Å². The lowest BCUT2D eigenvalue weighted by Crippen LogP contribution is -2.32. The standard InChI is InChI=1S/C17H17Cl2N3O3.C2H6/c1-2-24-17(23)15(22-21)16(20)25-12-6-3-10(4-7-12)11-5-8-13(18)14(19)9-11;1-2/h3-9,22H,2,20-21H2,1H3;1-2H3/b16-15+;. The zero-order valence-electron chi connectivity index (χ0n) is 15.4. The summed E-state index contributed by atoms with van der Waals surface area (Å²) in [7, 11) is 0. The molecule has 0 saturated heterocycles. The van der Waals surface area contributed by atoms with Gasteiger partial charge in [0.05, 0.1) is 16.7 Å². The molecule has 0 bridgehead atoms. The van der Waals surface area contributed by atoms with Gasteiger partial charge in [-0.1, -0.05) is 55.2 Å². The number of carbonyl (C=O) groups is 1. The Morgan fingerprint density at radius 1 is 1.04 bits per heavy atom. The van der Waals surface area contributed by atoms with E-state index in [1.165, 1.54) is 0 Å². The summed E-state index contributed by atoms with van der Waals surface area (Å²) in [6, 6.07) is 12.4. The van der Waals surface area contributed by atoms with E-state index in [-0.39, 0.29) is 18.2 Å². The highest BCUT2D eigenvalue weighted by molar-refractivity contribution is 6.42. The summed E-state index contributed by atoms with van der Waals surface area (Å²) in [6.45, 7) is 5.86. The molecule has 0 heterocycles. The van der Waals surface area contributed by atoms with E-state index in [0.29, 0.717) is 15.8 Å². The second-order valence-electron chi connectivity index (χ2n) is 4.86. The summed E-state index contributed by atoms with van der Waals surface area (Å²) in [5.74, 6) is 4.83. The topological polar surface area (TPSA) is 99.6 Å². The first-order chi connectivity index (χ1) is 13.0. The van der Waals surface area contributed by atoms with Crippen molar-refractivity contribution in [3.63, 3.8) is 0 Å². The van der Waals surface area contributed by atoms with Gasteiger partial charge in [0.15, 0.2) is 5.70 Å². The van der Waals surface area contributed by atoms with Gasteiger partial charge in [-0.2, -0.15) is 0 Å². The molecule has 2 aromatic rings. The highest BCUT2D eigenvalue weighted by Gasteiger charge is 2.16. The zero-order valence-corrected chi connectivity index (χ0v) is 16.9. The number of carbonyl (C=O) groups excluding carboxylic acids is 1. The average molecular weight is 412 g/mol. The van der Waals surface area contributed by atoms with Crippen molar-refractivity contribution in [2.45, 2.75) is 20.8 Å². The summed E-state index contributed by atoms with van der Waals surface area (Å²) in [5.41, 5.74) is 9.60. The van der Waals surface area contributed by atoms with E-state index in [9.17, 15) is 4.79 Å². The second-order valence-corrected chi connectivity index (χ2v) is 5.67. The van der Waals surface area contributed by atoms with Gasteiger partial charge >= 0.3 is 5.97 Å². The largest absolute Gasteiger partial charge is 0.461 e. The number of ether oxygens (including phenoxy) is 2. The number of hydrogen-bond acceptors (Lipinski definition) is 6. The van der Waals surface area contributed by atoms with E-state index in [1.54, 1.807) is 31.2 Å². The van der Waals surface area contributed by atoms with Crippen LogP contribution in [-0.4, -0.2) is 12.6 Å². The Bertz CT molecular complexity index is 793. The molecule has 0 unspecified atom stereocenters. The van der Waals surface area contributed by atoms with Gasteiger partial charge in [0.25, 0.3) is 0 Å². The third-order valence-corrected chi connectivity index (χ3v) is 3.94. The molecule has 8 heteroatoms. The van der Waals surface area contributed by atoms with Crippen LogP contribution in [0.15, 0.2) is 54.0 Å². The molecule has 0 aliphatic heterocycles. The van der Waals surface area contributed by atoms with Crippen LogP contribution in [0.4, 0.5) is 0 Å². The molecule has 0 aromatic heterocycles. The number of nitrogens with one attached hydrogen (secondary N) is 1. The first-order valence-corrected chi connectivity index (χ1v) is 9.08. The van der Waals surface area contributed by atoms with Gasteiger partial charge in [0.1, 0.15) is 5.75 Å². The maximum absolute atomic E-state index is 11.7. The Morgan fingerprint density at radius 3 is 2.15 bits per heavy atom. The summed E-state index contributed by atoms with van der Waals surface area (Å²) >= 11 is 11.9. The molecule has 27 heavy (non-hydrogen) atoms. The van der Waals surface area contributed by atoms with Crippen molar-refractivity contribution in [2.24, 2.45) is 11.6 Å². The Kier molecular flexibility index (Phi) is 9.50. The van der Waals surface area contributed by atoms with Gasteiger partial charge in [0.2, 0.25) is 5.88 Å².